The Morgan fingerprint density at radius 3 is 3.04 bits per heavy atom. The quantitative estimate of drug-likeness (QED) is 0.779. The predicted molar refractivity (Wildman–Crippen MR) is 99.6 cm³/mol. The second-order valence-corrected chi connectivity index (χ2v) is 7.92. The lowest BCUT2D eigenvalue weighted by Crippen LogP contribution is -2.25. The molecule has 1 aromatic heterocycles. The van der Waals surface area contributed by atoms with Crippen molar-refractivity contribution in [3.05, 3.63) is 46.3 Å². The molecule has 1 aromatic carbocycles. The van der Waals surface area contributed by atoms with Gasteiger partial charge in [0.25, 0.3) is 5.91 Å². The van der Waals surface area contributed by atoms with Crippen molar-refractivity contribution in [1.82, 2.24) is 15.5 Å². The predicted octanol–water partition coefficient (Wildman–Crippen LogP) is 3.26. The van der Waals surface area contributed by atoms with Crippen LogP contribution in [0.1, 0.15) is 46.7 Å². The summed E-state index contributed by atoms with van der Waals surface area (Å²) >= 11 is 1.90. The lowest BCUT2D eigenvalue weighted by molar-refractivity contribution is 0.102. The Bertz CT molecular complexity index is 739. The first-order valence-electron chi connectivity index (χ1n) is 8.34. The first-order valence-corrected chi connectivity index (χ1v) is 9.39. The molecule has 0 saturated carbocycles. The highest BCUT2D eigenvalue weighted by atomic mass is 32.2. The van der Waals surface area contributed by atoms with Gasteiger partial charge in [0.1, 0.15) is 0 Å². The minimum absolute atomic E-state index is 0.145. The number of rotatable bonds is 5. The third-order valence-corrected chi connectivity index (χ3v) is 5.43. The molecular weight excluding hydrogens is 320 g/mol. The van der Waals surface area contributed by atoms with Crippen LogP contribution in [0.3, 0.4) is 0 Å². The summed E-state index contributed by atoms with van der Waals surface area (Å²) in [7, 11) is 0. The zero-order valence-electron chi connectivity index (χ0n) is 14.4. The average molecular weight is 344 g/mol. The normalized spacial score (nSPS) is 13.8. The molecule has 0 bridgehead atoms. The fourth-order valence-electron chi connectivity index (χ4n) is 2.83. The average Bonchev–Trinajstić information content (AvgIpc) is 2.99. The first kappa shape index (κ1) is 17.0. The standard InChI is InChI=1S/C18H24N4OS/c1-11(2)24-10-13-5-4-6-15(12(13)3)20-18(23)17-14-9-19-8-7-16(14)21-22-17/h4-6,11,19H,7-10H2,1-3H3,(H,20,23)(H,21,22). The van der Waals surface area contributed by atoms with Crippen molar-refractivity contribution in [2.24, 2.45) is 0 Å². The number of aromatic amines is 1. The molecule has 1 aliphatic rings. The van der Waals surface area contributed by atoms with Crippen molar-refractivity contribution in [2.75, 3.05) is 11.9 Å². The van der Waals surface area contributed by atoms with Gasteiger partial charge >= 0.3 is 0 Å². The third-order valence-electron chi connectivity index (χ3n) is 4.29. The maximum absolute atomic E-state index is 12.7. The van der Waals surface area contributed by atoms with Crippen LogP contribution in [0.5, 0.6) is 0 Å². The van der Waals surface area contributed by atoms with Crippen LogP contribution in [0.25, 0.3) is 0 Å². The number of benzene rings is 1. The minimum Gasteiger partial charge on any atom is -0.320 e. The van der Waals surface area contributed by atoms with E-state index in [2.05, 4.69) is 47.7 Å². The number of amides is 1. The van der Waals surface area contributed by atoms with Crippen LogP contribution in [-0.2, 0) is 18.7 Å². The summed E-state index contributed by atoms with van der Waals surface area (Å²) in [5.74, 6) is 0.808. The summed E-state index contributed by atoms with van der Waals surface area (Å²) < 4.78 is 0. The number of H-pyrrole nitrogens is 1. The Hall–Kier alpha value is -1.79. The van der Waals surface area contributed by atoms with E-state index in [1.165, 1.54) is 5.56 Å². The minimum atomic E-state index is -0.145. The molecule has 5 nitrogen and oxygen atoms in total. The maximum Gasteiger partial charge on any atom is 0.276 e. The molecule has 0 spiro atoms. The number of aromatic nitrogens is 2. The van der Waals surface area contributed by atoms with E-state index in [1.807, 2.05) is 23.9 Å². The second-order valence-electron chi connectivity index (χ2n) is 6.36. The summed E-state index contributed by atoms with van der Waals surface area (Å²) in [6.45, 7) is 8.07. The zero-order chi connectivity index (χ0) is 17.1. The van der Waals surface area contributed by atoms with Crippen molar-refractivity contribution in [3.63, 3.8) is 0 Å². The van der Waals surface area contributed by atoms with Gasteiger partial charge in [0.15, 0.2) is 5.69 Å². The number of nitrogens with zero attached hydrogens (tertiary/aromatic N) is 1. The third kappa shape index (κ3) is 3.65. The van der Waals surface area contributed by atoms with Gasteiger partial charge in [0, 0.05) is 42.2 Å². The molecule has 128 valence electrons. The van der Waals surface area contributed by atoms with E-state index in [4.69, 9.17) is 0 Å². The van der Waals surface area contributed by atoms with Gasteiger partial charge in [-0.1, -0.05) is 26.0 Å². The summed E-state index contributed by atoms with van der Waals surface area (Å²) in [5.41, 5.74) is 5.81. The van der Waals surface area contributed by atoms with Crippen LogP contribution in [-0.4, -0.2) is 27.9 Å². The fourth-order valence-corrected chi connectivity index (χ4v) is 3.65. The Morgan fingerprint density at radius 2 is 2.25 bits per heavy atom. The largest absolute Gasteiger partial charge is 0.320 e. The number of carbonyl (C=O) groups is 1. The van der Waals surface area contributed by atoms with Crippen molar-refractivity contribution in [2.45, 2.75) is 44.7 Å². The smallest absolute Gasteiger partial charge is 0.276 e. The molecule has 0 saturated heterocycles. The van der Waals surface area contributed by atoms with Gasteiger partial charge in [-0.2, -0.15) is 16.9 Å². The van der Waals surface area contributed by atoms with E-state index in [0.29, 0.717) is 17.5 Å². The van der Waals surface area contributed by atoms with Gasteiger partial charge in [-0.25, -0.2) is 0 Å². The van der Waals surface area contributed by atoms with Gasteiger partial charge in [0.05, 0.1) is 0 Å². The zero-order valence-corrected chi connectivity index (χ0v) is 15.2. The van der Waals surface area contributed by atoms with Crippen LogP contribution in [0.15, 0.2) is 18.2 Å². The number of carbonyl (C=O) groups excluding carboxylic acids is 1. The first-order chi connectivity index (χ1) is 11.6. The lowest BCUT2D eigenvalue weighted by Gasteiger charge is -2.15. The lowest BCUT2D eigenvalue weighted by atomic mass is 10.1. The summed E-state index contributed by atoms with van der Waals surface area (Å²) in [6.07, 6.45) is 0.885. The molecular formula is C18H24N4OS. The van der Waals surface area contributed by atoms with E-state index < -0.39 is 0 Å². The van der Waals surface area contributed by atoms with Gasteiger partial charge < -0.3 is 10.6 Å². The summed E-state index contributed by atoms with van der Waals surface area (Å²) in [5, 5.41) is 14.1. The second kappa shape index (κ2) is 7.40. The van der Waals surface area contributed by atoms with Crippen LogP contribution < -0.4 is 10.6 Å². The van der Waals surface area contributed by atoms with Crippen molar-refractivity contribution in [3.8, 4) is 0 Å². The number of hydrogen-bond donors (Lipinski definition) is 3. The summed E-state index contributed by atoms with van der Waals surface area (Å²) in [4.78, 5) is 12.7. The molecule has 6 heteroatoms. The Morgan fingerprint density at radius 1 is 1.42 bits per heavy atom. The molecule has 0 radical (unpaired) electrons. The van der Waals surface area contributed by atoms with Crippen molar-refractivity contribution in [1.29, 1.82) is 0 Å². The molecule has 3 rings (SSSR count). The van der Waals surface area contributed by atoms with E-state index >= 15 is 0 Å². The SMILES string of the molecule is Cc1c(CSC(C)C)cccc1NC(=O)c1n[nH]c2c1CNCC2. The highest BCUT2D eigenvalue weighted by molar-refractivity contribution is 7.99. The van der Waals surface area contributed by atoms with Crippen LogP contribution in [0.2, 0.25) is 0 Å². The van der Waals surface area contributed by atoms with Crippen LogP contribution in [0, 0.1) is 6.92 Å². The molecule has 0 atom stereocenters. The van der Waals surface area contributed by atoms with Crippen LogP contribution in [0.4, 0.5) is 5.69 Å². The maximum atomic E-state index is 12.7. The van der Waals surface area contributed by atoms with Gasteiger partial charge in [-0.05, 0) is 29.4 Å². The number of anilines is 1. The number of nitrogens with one attached hydrogen (secondary N) is 3. The van der Waals surface area contributed by atoms with Gasteiger partial charge in [-0.3, -0.25) is 9.89 Å². The molecule has 1 amide bonds. The molecule has 24 heavy (non-hydrogen) atoms. The number of fused-ring (bicyclic) bond motifs is 1. The van der Waals surface area contributed by atoms with Crippen molar-refractivity contribution >= 4 is 23.4 Å². The number of thioether (sulfide) groups is 1. The Labute approximate surface area is 147 Å². The summed E-state index contributed by atoms with van der Waals surface area (Å²) in [6, 6.07) is 6.08. The topological polar surface area (TPSA) is 69.8 Å². The van der Waals surface area contributed by atoms with E-state index in [1.54, 1.807) is 0 Å². The highest BCUT2D eigenvalue weighted by Crippen LogP contribution is 2.25. The molecule has 1 aliphatic heterocycles. The monoisotopic (exact) mass is 344 g/mol. The van der Waals surface area contributed by atoms with E-state index in [0.717, 1.165) is 41.2 Å². The van der Waals surface area contributed by atoms with Gasteiger partial charge in [0.2, 0.25) is 0 Å². The molecule has 2 heterocycles. The fraction of sp³-hybridized carbons (Fsp3) is 0.444. The molecule has 0 unspecified atom stereocenters. The highest BCUT2D eigenvalue weighted by Gasteiger charge is 2.22. The van der Waals surface area contributed by atoms with Gasteiger partial charge in [-0.15, -0.1) is 0 Å². The number of hydrogen-bond acceptors (Lipinski definition) is 4. The Kier molecular flexibility index (Phi) is 5.26. The molecule has 2 aromatic rings. The van der Waals surface area contributed by atoms with Crippen LogP contribution >= 0.6 is 11.8 Å². The molecule has 3 N–H and O–H groups in total. The molecule has 0 aliphatic carbocycles. The van der Waals surface area contributed by atoms with Crippen molar-refractivity contribution < 1.29 is 4.79 Å². The van der Waals surface area contributed by atoms with E-state index in [-0.39, 0.29) is 5.91 Å². The Balaban J connectivity index is 1.77. The van der Waals surface area contributed by atoms with E-state index in [9.17, 15) is 4.79 Å². The molecule has 0 fully saturated rings.